The molecular formula is C24H41ClN6O2. The molecular weight excluding hydrogens is 440 g/mol. The second-order valence-corrected chi connectivity index (χ2v) is 8.85. The Morgan fingerprint density at radius 3 is 2.76 bits per heavy atom. The number of ether oxygens (including phenoxy) is 2. The molecule has 8 nitrogen and oxygen atoms in total. The number of halogens is 1. The van der Waals surface area contributed by atoms with Gasteiger partial charge in [-0.2, -0.15) is 0 Å². The second kappa shape index (κ2) is 14.5. The third kappa shape index (κ3) is 8.21. The van der Waals surface area contributed by atoms with E-state index < -0.39 is 0 Å². The van der Waals surface area contributed by atoms with Crippen LogP contribution in [0.1, 0.15) is 52.9 Å². The van der Waals surface area contributed by atoms with Crippen LogP contribution in [0.3, 0.4) is 0 Å². The number of hydrogen-bond acceptors (Lipinski definition) is 5. The van der Waals surface area contributed by atoms with Gasteiger partial charge in [0, 0.05) is 26.6 Å². The van der Waals surface area contributed by atoms with Crippen molar-refractivity contribution >= 4 is 29.1 Å². The number of hydrazine groups is 1. The fourth-order valence-electron chi connectivity index (χ4n) is 4.30. The van der Waals surface area contributed by atoms with Crippen molar-refractivity contribution in [3.05, 3.63) is 24.8 Å². The van der Waals surface area contributed by atoms with E-state index in [2.05, 4.69) is 36.4 Å². The Kier molecular flexibility index (Phi) is 12.1. The molecule has 2 aliphatic rings. The number of allylic oxidation sites excluding steroid dienone is 2. The summed E-state index contributed by atoms with van der Waals surface area (Å²) in [5.74, 6) is 0.930. The van der Waals surface area contributed by atoms with E-state index in [0.717, 1.165) is 51.1 Å². The summed E-state index contributed by atoms with van der Waals surface area (Å²) in [7, 11) is 1.98. The quantitative estimate of drug-likeness (QED) is 0.166. The molecule has 0 radical (unpaired) electrons. The standard InChI is InChI=1S/C24H41ClN6O2/c1-6-8-9-12-21(29(5)31(18-26)23-13-10-11-15-33-23)20(4)27-24(25)28-22(7-2)30-14-16-32-17-19(30)3/h6,8-9,18-21,23,26H,1,7,10-17H2,2-5H3/b9-8-,26-18?,27-24-,28-22+/t19-,20+,21?,23?/m0/s1. The fourth-order valence-corrected chi connectivity index (χ4v) is 4.55. The van der Waals surface area contributed by atoms with Crippen LogP contribution >= 0.6 is 11.6 Å². The van der Waals surface area contributed by atoms with Crippen molar-refractivity contribution in [2.24, 2.45) is 9.98 Å². The van der Waals surface area contributed by atoms with E-state index in [1.807, 2.05) is 30.1 Å². The topological polar surface area (TPSA) is 76.8 Å². The highest BCUT2D eigenvalue weighted by Crippen LogP contribution is 2.21. The van der Waals surface area contributed by atoms with E-state index in [0.29, 0.717) is 13.2 Å². The average Bonchev–Trinajstić information content (AvgIpc) is 2.82. The molecule has 0 aromatic heterocycles. The largest absolute Gasteiger partial charge is 0.377 e. The summed E-state index contributed by atoms with van der Waals surface area (Å²) < 4.78 is 11.5. The van der Waals surface area contributed by atoms with Crippen molar-refractivity contribution in [2.45, 2.75) is 77.2 Å². The van der Waals surface area contributed by atoms with Crippen molar-refractivity contribution in [3.63, 3.8) is 0 Å². The molecule has 2 saturated heterocycles. The molecule has 4 atom stereocenters. The van der Waals surface area contributed by atoms with Crippen LogP contribution in [-0.4, -0.2) is 90.2 Å². The second-order valence-electron chi connectivity index (χ2n) is 8.51. The van der Waals surface area contributed by atoms with Crippen LogP contribution < -0.4 is 0 Å². The first kappa shape index (κ1) is 27.5. The Balaban J connectivity index is 2.22. The van der Waals surface area contributed by atoms with E-state index in [1.54, 1.807) is 6.08 Å². The molecule has 33 heavy (non-hydrogen) atoms. The van der Waals surface area contributed by atoms with E-state index in [-0.39, 0.29) is 29.6 Å². The van der Waals surface area contributed by atoms with Gasteiger partial charge in [0.25, 0.3) is 0 Å². The van der Waals surface area contributed by atoms with Gasteiger partial charge in [0.05, 0.1) is 37.7 Å². The summed E-state index contributed by atoms with van der Waals surface area (Å²) in [4.78, 5) is 11.7. The van der Waals surface area contributed by atoms with Crippen LogP contribution in [0.15, 0.2) is 34.8 Å². The highest BCUT2D eigenvalue weighted by molar-refractivity contribution is 6.65. The molecule has 0 amide bonds. The van der Waals surface area contributed by atoms with E-state index >= 15 is 0 Å². The minimum atomic E-state index is -0.160. The van der Waals surface area contributed by atoms with Gasteiger partial charge >= 0.3 is 0 Å². The summed E-state index contributed by atoms with van der Waals surface area (Å²) >= 11 is 6.56. The summed E-state index contributed by atoms with van der Waals surface area (Å²) in [6.07, 6.45) is 11.5. The number of hydrogen-bond donors (Lipinski definition) is 1. The van der Waals surface area contributed by atoms with Crippen molar-refractivity contribution in [1.29, 1.82) is 5.41 Å². The SMILES string of the molecule is C=C/C=C\CC([C@@H](C)/N=C(Cl)\N=C(/CC)N1CCOC[C@@H]1C)N(C)N(C=N)C1CCCCO1. The minimum Gasteiger partial charge on any atom is -0.377 e. The predicted octanol–water partition coefficient (Wildman–Crippen LogP) is 4.28. The molecule has 9 heteroatoms. The Labute approximate surface area is 204 Å². The van der Waals surface area contributed by atoms with Crippen LogP contribution in [-0.2, 0) is 9.47 Å². The van der Waals surface area contributed by atoms with Crippen molar-refractivity contribution in [3.8, 4) is 0 Å². The first-order valence-corrected chi connectivity index (χ1v) is 12.4. The van der Waals surface area contributed by atoms with Crippen LogP contribution in [0.25, 0.3) is 0 Å². The Morgan fingerprint density at radius 1 is 1.36 bits per heavy atom. The molecule has 2 rings (SSSR count). The average molecular weight is 481 g/mol. The lowest BCUT2D eigenvalue weighted by molar-refractivity contribution is -0.142. The first-order valence-electron chi connectivity index (χ1n) is 12.0. The Morgan fingerprint density at radius 2 is 2.15 bits per heavy atom. The molecule has 0 saturated carbocycles. The van der Waals surface area contributed by atoms with E-state index in [4.69, 9.17) is 31.5 Å². The first-order chi connectivity index (χ1) is 15.9. The van der Waals surface area contributed by atoms with Gasteiger partial charge in [0.15, 0.2) is 0 Å². The maximum Gasteiger partial charge on any atom is 0.219 e. The molecule has 2 heterocycles. The number of likely N-dealkylation sites (N-methyl/N-ethyl adjacent to an activating group) is 1. The van der Waals surface area contributed by atoms with Crippen molar-refractivity contribution < 1.29 is 9.47 Å². The number of morpholine rings is 1. The van der Waals surface area contributed by atoms with Gasteiger partial charge in [-0.3, -0.25) is 15.4 Å². The monoisotopic (exact) mass is 480 g/mol. The van der Waals surface area contributed by atoms with Gasteiger partial charge < -0.3 is 14.4 Å². The van der Waals surface area contributed by atoms with Gasteiger partial charge in [0.2, 0.25) is 5.29 Å². The van der Waals surface area contributed by atoms with Crippen molar-refractivity contribution in [2.75, 3.05) is 33.4 Å². The lowest BCUT2D eigenvalue weighted by atomic mass is 10.1. The van der Waals surface area contributed by atoms with E-state index in [1.165, 1.54) is 6.34 Å². The van der Waals surface area contributed by atoms with Crippen molar-refractivity contribution in [1.82, 2.24) is 14.9 Å². The van der Waals surface area contributed by atoms with Gasteiger partial charge in [-0.15, -0.1) is 0 Å². The normalized spacial score (nSPS) is 24.7. The van der Waals surface area contributed by atoms with Crippen LogP contribution in [0, 0.1) is 5.41 Å². The summed E-state index contributed by atoms with van der Waals surface area (Å²) in [5, 5.41) is 12.2. The van der Waals surface area contributed by atoms with Gasteiger partial charge in [-0.1, -0.05) is 31.7 Å². The third-order valence-electron chi connectivity index (χ3n) is 6.18. The Hall–Kier alpha value is -1.74. The number of nitrogens with zero attached hydrogens (tertiary/aromatic N) is 5. The minimum absolute atomic E-state index is 0.0373. The molecule has 2 fully saturated rings. The zero-order chi connectivity index (χ0) is 24.2. The van der Waals surface area contributed by atoms with Gasteiger partial charge in [0.1, 0.15) is 12.1 Å². The summed E-state index contributed by atoms with van der Waals surface area (Å²) in [5.41, 5.74) is 0. The summed E-state index contributed by atoms with van der Waals surface area (Å²) in [6.45, 7) is 12.9. The molecule has 0 aromatic rings. The molecule has 1 N–H and O–H groups in total. The van der Waals surface area contributed by atoms with Gasteiger partial charge in [-0.05, 0) is 51.1 Å². The Bertz CT molecular complexity index is 707. The molecule has 0 aliphatic carbocycles. The smallest absolute Gasteiger partial charge is 0.219 e. The number of aliphatic imine (C=N–C) groups is 2. The molecule has 0 aromatic carbocycles. The molecule has 0 bridgehead atoms. The zero-order valence-corrected chi connectivity index (χ0v) is 21.4. The highest BCUT2D eigenvalue weighted by atomic mass is 35.5. The fraction of sp³-hybridized carbons (Fsp3) is 0.708. The van der Waals surface area contributed by atoms with E-state index in [9.17, 15) is 0 Å². The zero-order valence-electron chi connectivity index (χ0n) is 20.6. The molecule has 2 aliphatic heterocycles. The highest BCUT2D eigenvalue weighted by Gasteiger charge is 2.30. The number of rotatable bonds is 10. The molecule has 2 unspecified atom stereocenters. The molecule has 0 spiro atoms. The van der Waals surface area contributed by atoms with Gasteiger partial charge in [-0.25, -0.2) is 10.0 Å². The van der Waals surface area contributed by atoms with Crippen LogP contribution in [0.5, 0.6) is 0 Å². The van der Waals surface area contributed by atoms with Crippen LogP contribution in [0.2, 0.25) is 0 Å². The number of nitrogens with one attached hydrogen (secondary N) is 1. The maximum atomic E-state index is 8.01. The lowest BCUT2D eigenvalue weighted by Gasteiger charge is -2.42. The summed E-state index contributed by atoms with van der Waals surface area (Å²) in [6, 6.07) is 0.0653. The van der Waals surface area contributed by atoms with Crippen LogP contribution in [0.4, 0.5) is 0 Å². The lowest BCUT2D eigenvalue weighted by Crippen LogP contribution is -2.54. The predicted molar refractivity (Wildman–Crippen MR) is 137 cm³/mol. The maximum absolute atomic E-state index is 8.01. The molecule has 186 valence electrons. The number of amidine groups is 2. The third-order valence-corrected chi connectivity index (χ3v) is 6.36.